The standard InChI is InChI=1S/C20H31NO2/c1-19(2,3)17-14-16(15-10-8-7-9-11-15)12-13-21(17)18(22)23-20(4,5)6/h7-11,16-17H,12-14H2,1-6H3/t16-,17+/m0/s1. The van der Waals surface area contributed by atoms with E-state index in [0.717, 1.165) is 19.4 Å². The molecule has 0 bridgehead atoms. The smallest absolute Gasteiger partial charge is 0.410 e. The Bertz CT molecular complexity index is 525. The number of ether oxygens (including phenoxy) is 1. The molecule has 0 aliphatic carbocycles. The van der Waals surface area contributed by atoms with Crippen molar-refractivity contribution in [2.75, 3.05) is 6.54 Å². The molecule has 1 fully saturated rings. The Labute approximate surface area is 141 Å². The van der Waals surface area contributed by atoms with Crippen LogP contribution in [0.4, 0.5) is 4.79 Å². The molecule has 0 aromatic heterocycles. The van der Waals surface area contributed by atoms with Crippen LogP contribution in [-0.2, 0) is 4.74 Å². The molecular formula is C20H31NO2. The van der Waals surface area contributed by atoms with Crippen LogP contribution in [0.5, 0.6) is 0 Å². The molecule has 3 nitrogen and oxygen atoms in total. The Morgan fingerprint density at radius 3 is 2.22 bits per heavy atom. The maximum absolute atomic E-state index is 12.6. The summed E-state index contributed by atoms with van der Waals surface area (Å²) < 4.78 is 5.63. The van der Waals surface area contributed by atoms with Crippen LogP contribution in [0.2, 0.25) is 0 Å². The summed E-state index contributed by atoms with van der Waals surface area (Å²) in [5, 5.41) is 0. The lowest BCUT2D eigenvalue weighted by atomic mass is 9.75. The zero-order valence-corrected chi connectivity index (χ0v) is 15.4. The van der Waals surface area contributed by atoms with E-state index in [2.05, 4.69) is 51.1 Å². The van der Waals surface area contributed by atoms with E-state index in [9.17, 15) is 4.79 Å². The zero-order chi connectivity index (χ0) is 17.3. The number of rotatable bonds is 1. The molecule has 0 saturated carbocycles. The first kappa shape index (κ1) is 17.8. The van der Waals surface area contributed by atoms with Crippen molar-refractivity contribution < 1.29 is 9.53 Å². The first-order chi connectivity index (χ1) is 10.6. The van der Waals surface area contributed by atoms with Crippen LogP contribution in [0.25, 0.3) is 0 Å². The fraction of sp³-hybridized carbons (Fsp3) is 0.650. The maximum atomic E-state index is 12.6. The molecule has 1 aromatic rings. The van der Waals surface area contributed by atoms with E-state index < -0.39 is 5.60 Å². The first-order valence-electron chi connectivity index (χ1n) is 8.62. The largest absolute Gasteiger partial charge is 0.444 e. The van der Waals surface area contributed by atoms with E-state index in [0.29, 0.717) is 5.92 Å². The van der Waals surface area contributed by atoms with Gasteiger partial charge in [-0.25, -0.2) is 4.79 Å². The van der Waals surface area contributed by atoms with Gasteiger partial charge in [0, 0.05) is 12.6 Å². The molecule has 0 radical (unpaired) electrons. The molecule has 3 heteroatoms. The van der Waals surface area contributed by atoms with Gasteiger partial charge in [-0.1, -0.05) is 51.1 Å². The average molecular weight is 317 g/mol. The van der Waals surface area contributed by atoms with Crippen molar-refractivity contribution >= 4 is 6.09 Å². The van der Waals surface area contributed by atoms with Gasteiger partial charge in [-0.2, -0.15) is 0 Å². The van der Waals surface area contributed by atoms with E-state index in [1.165, 1.54) is 5.56 Å². The quantitative estimate of drug-likeness (QED) is 0.711. The summed E-state index contributed by atoms with van der Waals surface area (Å²) in [5.74, 6) is 0.513. The van der Waals surface area contributed by atoms with Gasteiger partial charge in [-0.05, 0) is 50.5 Å². The molecule has 2 rings (SSSR count). The Kier molecular flexibility index (Phi) is 5.07. The molecule has 0 N–H and O–H groups in total. The molecule has 23 heavy (non-hydrogen) atoms. The van der Waals surface area contributed by atoms with E-state index in [4.69, 9.17) is 4.74 Å². The molecule has 1 aliphatic rings. The average Bonchev–Trinajstić information content (AvgIpc) is 2.45. The van der Waals surface area contributed by atoms with Crippen molar-refractivity contribution in [1.82, 2.24) is 4.90 Å². The second kappa shape index (κ2) is 6.54. The van der Waals surface area contributed by atoms with Crippen LogP contribution in [-0.4, -0.2) is 29.2 Å². The summed E-state index contributed by atoms with van der Waals surface area (Å²) in [5.41, 5.74) is 0.964. The van der Waals surface area contributed by atoms with Gasteiger partial charge in [-0.3, -0.25) is 0 Å². The predicted octanol–water partition coefficient (Wildman–Crippen LogP) is 5.22. The van der Waals surface area contributed by atoms with Crippen molar-refractivity contribution in [3.63, 3.8) is 0 Å². The van der Waals surface area contributed by atoms with E-state index >= 15 is 0 Å². The Morgan fingerprint density at radius 1 is 1.09 bits per heavy atom. The fourth-order valence-electron chi connectivity index (χ4n) is 3.35. The highest BCUT2D eigenvalue weighted by molar-refractivity contribution is 5.69. The van der Waals surface area contributed by atoms with E-state index in [-0.39, 0.29) is 17.6 Å². The van der Waals surface area contributed by atoms with E-state index in [1.54, 1.807) is 0 Å². The second-order valence-corrected chi connectivity index (χ2v) is 8.69. The molecule has 1 aliphatic heterocycles. The van der Waals surface area contributed by atoms with Crippen LogP contribution in [0, 0.1) is 5.41 Å². The van der Waals surface area contributed by atoms with E-state index in [1.807, 2.05) is 25.7 Å². The summed E-state index contributed by atoms with van der Waals surface area (Å²) in [6.45, 7) is 13.2. The van der Waals surface area contributed by atoms with Crippen molar-refractivity contribution in [2.45, 2.75) is 71.9 Å². The first-order valence-corrected chi connectivity index (χ1v) is 8.62. The Balaban J connectivity index is 2.18. The number of likely N-dealkylation sites (tertiary alicyclic amines) is 1. The minimum Gasteiger partial charge on any atom is -0.444 e. The number of nitrogens with zero attached hydrogens (tertiary/aromatic N) is 1. The van der Waals surface area contributed by atoms with Gasteiger partial charge in [0.05, 0.1) is 0 Å². The van der Waals surface area contributed by atoms with Crippen molar-refractivity contribution in [1.29, 1.82) is 0 Å². The number of hydrogen-bond donors (Lipinski definition) is 0. The second-order valence-electron chi connectivity index (χ2n) is 8.69. The summed E-state index contributed by atoms with van der Waals surface area (Å²) >= 11 is 0. The summed E-state index contributed by atoms with van der Waals surface area (Å²) in [6.07, 6.45) is 1.81. The van der Waals surface area contributed by atoms with Crippen LogP contribution < -0.4 is 0 Å². The Hall–Kier alpha value is -1.51. The topological polar surface area (TPSA) is 29.5 Å². The number of hydrogen-bond acceptors (Lipinski definition) is 2. The lowest BCUT2D eigenvalue weighted by molar-refractivity contribution is -0.0101. The van der Waals surface area contributed by atoms with Crippen LogP contribution in [0.3, 0.4) is 0 Å². The maximum Gasteiger partial charge on any atom is 0.410 e. The molecule has 1 saturated heterocycles. The third-order valence-corrected chi connectivity index (χ3v) is 4.50. The van der Waals surface area contributed by atoms with Gasteiger partial charge in [0.25, 0.3) is 0 Å². The molecule has 0 spiro atoms. The molecule has 2 atom stereocenters. The highest BCUT2D eigenvalue weighted by atomic mass is 16.6. The van der Waals surface area contributed by atoms with Gasteiger partial charge in [-0.15, -0.1) is 0 Å². The Morgan fingerprint density at radius 2 is 1.70 bits per heavy atom. The highest BCUT2D eigenvalue weighted by Gasteiger charge is 2.40. The minimum absolute atomic E-state index is 0.0321. The molecule has 1 aromatic carbocycles. The minimum atomic E-state index is -0.449. The summed E-state index contributed by atoms with van der Waals surface area (Å²) in [7, 11) is 0. The number of amides is 1. The van der Waals surface area contributed by atoms with Crippen LogP contribution in [0.1, 0.15) is 65.9 Å². The molecule has 1 amide bonds. The highest BCUT2D eigenvalue weighted by Crippen LogP contribution is 2.39. The molecule has 0 unspecified atom stereocenters. The van der Waals surface area contributed by atoms with Crippen molar-refractivity contribution in [3.8, 4) is 0 Å². The summed E-state index contributed by atoms with van der Waals surface area (Å²) in [4.78, 5) is 14.6. The fourth-order valence-corrected chi connectivity index (χ4v) is 3.35. The van der Waals surface area contributed by atoms with Gasteiger partial charge in [0.1, 0.15) is 5.60 Å². The zero-order valence-electron chi connectivity index (χ0n) is 15.4. The SMILES string of the molecule is CC(C)(C)OC(=O)N1CC[C@H](c2ccccc2)C[C@@H]1C(C)(C)C. The van der Waals surface area contributed by atoms with Gasteiger partial charge < -0.3 is 9.64 Å². The van der Waals surface area contributed by atoms with Crippen LogP contribution >= 0.6 is 0 Å². The summed E-state index contributed by atoms with van der Waals surface area (Å²) in [6, 6.07) is 10.8. The number of carbonyl (C=O) groups is 1. The predicted molar refractivity (Wildman–Crippen MR) is 94.6 cm³/mol. The lowest BCUT2D eigenvalue weighted by Gasteiger charge is -2.46. The molecule has 128 valence electrons. The third kappa shape index (κ3) is 4.73. The third-order valence-electron chi connectivity index (χ3n) is 4.50. The van der Waals surface area contributed by atoms with Crippen molar-refractivity contribution in [2.24, 2.45) is 5.41 Å². The monoisotopic (exact) mass is 317 g/mol. The van der Waals surface area contributed by atoms with Gasteiger partial charge in [0.15, 0.2) is 0 Å². The van der Waals surface area contributed by atoms with Crippen molar-refractivity contribution in [3.05, 3.63) is 35.9 Å². The normalized spacial score (nSPS) is 22.8. The number of benzene rings is 1. The van der Waals surface area contributed by atoms with Crippen LogP contribution in [0.15, 0.2) is 30.3 Å². The molecular weight excluding hydrogens is 286 g/mol. The number of carbonyl (C=O) groups excluding carboxylic acids is 1. The molecule has 1 heterocycles. The van der Waals surface area contributed by atoms with Gasteiger partial charge >= 0.3 is 6.09 Å². The van der Waals surface area contributed by atoms with Gasteiger partial charge in [0.2, 0.25) is 0 Å². The number of piperidine rings is 1. The lowest BCUT2D eigenvalue weighted by Crippen LogP contribution is -2.52.